The normalized spacial score (nSPS) is 20.6. The van der Waals surface area contributed by atoms with Crippen LogP contribution in [0.1, 0.15) is 43.4 Å². The quantitative estimate of drug-likeness (QED) is 0.428. The average molecular weight is 514 g/mol. The Morgan fingerprint density at radius 1 is 1.21 bits per heavy atom. The summed E-state index contributed by atoms with van der Waals surface area (Å²) in [4.78, 5) is 30.9. The Labute approximate surface area is 222 Å². The number of fused-ring (bicyclic) bond motifs is 5. The second-order valence-electron chi connectivity index (χ2n) is 11.2. The van der Waals surface area contributed by atoms with E-state index in [1.165, 1.54) is 5.56 Å². The van der Waals surface area contributed by atoms with Crippen LogP contribution in [0.3, 0.4) is 0 Å². The topological polar surface area (TPSA) is 105 Å². The molecule has 3 aromatic rings. The molecule has 3 aliphatic rings. The number of aromatic nitrogens is 2. The number of carbonyl (C=O) groups excluding carboxylic acids is 2. The third kappa shape index (κ3) is 4.25. The molecule has 0 radical (unpaired) electrons. The van der Waals surface area contributed by atoms with Gasteiger partial charge >= 0.3 is 6.03 Å². The molecule has 198 valence electrons. The maximum Gasteiger partial charge on any atom is 0.318 e. The van der Waals surface area contributed by atoms with E-state index in [1.54, 1.807) is 0 Å². The number of hydrogen-bond donors (Lipinski definition) is 4. The smallest absolute Gasteiger partial charge is 0.318 e. The van der Waals surface area contributed by atoms with Crippen LogP contribution in [0.5, 0.6) is 0 Å². The van der Waals surface area contributed by atoms with Crippen molar-refractivity contribution in [3.05, 3.63) is 71.7 Å². The minimum absolute atomic E-state index is 0.0291. The molecule has 3 amide bonds. The third-order valence-corrected chi connectivity index (χ3v) is 8.12. The lowest BCUT2D eigenvalue weighted by atomic mass is 9.79. The van der Waals surface area contributed by atoms with Crippen LogP contribution in [0, 0.1) is 5.92 Å². The summed E-state index contributed by atoms with van der Waals surface area (Å²) >= 11 is 0. The van der Waals surface area contributed by atoms with E-state index in [0.717, 1.165) is 46.4 Å². The number of H-pyrrole nitrogens is 1. The highest BCUT2D eigenvalue weighted by atomic mass is 16.2. The highest BCUT2D eigenvalue weighted by Crippen LogP contribution is 2.40. The largest absolute Gasteiger partial charge is 0.362 e. The summed E-state index contributed by atoms with van der Waals surface area (Å²) in [5.41, 5.74) is 5.16. The Balaban J connectivity index is 1.20. The SMILES string of the molecule is C=C1Nc2ccccc2C2(CCN(C(=O)NC3Cc4ccc5[nH]ncc5c4CN(CC(C)C)C3=O)CC2)N1. The first kappa shape index (κ1) is 24.3. The number of rotatable bonds is 3. The maximum absolute atomic E-state index is 13.7. The van der Waals surface area contributed by atoms with Gasteiger partial charge in [-0.3, -0.25) is 9.89 Å². The van der Waals surface area contributed by atoms with Gasteiger partial charge in [0.25, 0.3) is 0 Å². The van der Waals surface area contributed by atoms with E-state index in [0.29, 0.717) is 38.5 Å². The molecule has 1 saturated heterocycles. The molecule has 4 heterocycles. The van der Waals surface area contributed by atoms with Crippen molar-refractivity contribution >= 4 is 28.5 Å². The summed E-state index contributed by atoms with van der Waals surface area (Å²) in [5, 5.41) is 18.3. The van der Waals surface area contributed by atoms with Gasteiger partial charge < -0.3 is 25.8 Å². The van der Waals surface area contributed by atoms with E-state index in [-0.39, 0.29) is 17.5 Å². The fourth-order valence-corrected chi connectivity index (χ4v) is 6.29. The molecule has 1 atom stereocenters. The van der Waals surface area contributed by atoms with Gasteiger partial charge in [-0.15, -0.1) is 0 Å². The van der Waals surface area contributed by atoms with Crippen molar-refractivity contribution in [1.29, 1.82) is 0 Å². The van der Waals surface area contributed by atoms with Crippen LogP contribution in [0.2, 0.25) is 0 Å². The number of para-hydroxylation sites is 1. The molecule has 9 nitrogen and oxygen atoms in total. The highest BCUT2D eigenvalue weighted by molar-refractivity contribution is 5.90. The zero-order valence-electron chi connectivity index (χ0n) is 22.0. The Morgan fingerprint density at radius 2 is 2.00 bits per heavy atom. The molecular formula is C29H35N7O2. The lowest BCUT2D eigenvalue weighted by molar-refractivity contribution is -0.134. The van der Waals surface area contributed by atoms with E-state index in [4.69, 9.17) is 0 Å². The molecule has 1 aromatic heterocycles. The summed E-state index contributed by atoms with van der Waals surface area (Å²) in [6, 6.07) is 11.5. The monoisotopic (exact) mass is 513 g/mol. The summed E-state index contributed by atoms with van der Waals surface area (Å²) in [7, 11) is 0. The first-order valence-corrected chi connectivity index (χ1v) is 13.4. The summed E-state index contributed by atoms with van der Waals surface area (Å²) in [6.45, 7) is 10.6. The molecule has 0 bridgehead atoms. The molecule has 6 rings (SSSR count). The Morgan fingerprint density at radius 3 is 2.79 bits per heavy atom. The number of urea groups is 1. The molecule has 1 unspecified atom stereocenters. The van der Waals surface area contributed by atoms with Crippen LogP contribution in [0.25, 0.3) is 10.9 Å². The molecule has 1 spiro atoms. The number of piperidine rings is 1. The lowest BCUT2D eigenvalue weighted by Crippen LogP contribution is -2.58. The van der Waals surface area contributed by atoms with Crippen molar-refractivity contribution < 1.29 is 9.59 Å². The van der Waals surface area contributed by atoms with Crippen molar-refractivity contribution in [2.24, 2.45) is 5.92 Å². The minimum atomic E-state index is -0.611. The Bertz CT molecular complexity index is 1400. The number of hydrogen-bond acceptors (Lipinski definition) is 5. The zero-order valence-corrected chi connectivity index (χ0v) is 22.0. The van der Waals surface area contributed by atoms with E-state index < -0.39 is 6.04 Å². The van der Waals surface area contributed by atoms with E-state index in [1.807, 2.05) is 34.2 Å². The minimum Gasteiger partial charge on any atom is -0.362 e. The summed E-state index contributed by atoms with van der Waals surface area (Å²) in [6.07, 6.45) is 3.82. The van der Waals surface area contributed by atoms with Gasteiger partial charge in [0.05, 0.1) is 23.1 Å². The number of aromatic amines is 1. The summed E-state index contributed by atoms with van der Waals surface area (Å²) in [5.74, 6) is 1.06. The van der Waals surface area contributed by atoms with Crippen LogP contribution in [-0.2, 0) is 23.3 Å². The number of nitrogens with one attached hydrogen (secondary N) is 4. The van der Waals surface area contributed by atoms with Gasteiger partial charge in [-0.2, -0.15) is 5.10 Å². The molecule has 0 aliphatic carbocycles. The zero-order chi connectivity index (χ0) is 26.4. The number of likely N-dealkylation sites (tertiary alicyclic amines) is 1. The van der Waals surface area contributed by atoms with Gasteiger partial charge in [0.1, 0.15) is 6.04 Å². The van der Waals surface area contributed by atoms with Crippen LogP contribution in [-0.4, -0.2) is 57.6 Å². The molecule has 2 aromatic carbocycles. The van der Waals surface area contributed by atoms with Crippen molar-refractivity contribution in [2.75, 3.05) is 25.0 Å². The van der Waals surface area contributed by atoms with Crippen LogP contribution in [0.4, 0.5) is 10.5 Å². The third-order valence-electron chi connectivity index (χ3n) is 8.12. The number of amides is 3. The van der Waals surface area contributed by atoms with Crippen molar-refractivity contribution in [2.45, 2.75) is 51.2 Å². The first-order chi connectivity index (χ1) is 18.3. The van der Waals surface area contributed by atoms with Gasteiger partial charge in [0.2, 0.25) is 5.91 Å². The average Bonchev–Trinajstić information content (AvgIpc) is 3.33. The van der Waals surface area contributed by atoms with Gasteiger partial charge in [-0.25, -0.2) is 4.79 Å². The number of benzene rings is 2. The van der Waals surface area contributed by atoms with E-state index in [2.05, 4.69) is 64.8 Å². The molecule has 4 N–H and O–H groups in total. The predicted molar refractivity (Wildman–Crippen MR) is 147 cm³/mol. The van der Waals surface area contributed by atoms with Gasteiger partial charge in [-0.05, 0) is 42.0 Å². The van der Waals surface area contributed by atoms with Crippen LogP contribution >= 0.6 is 0 Å². The van der Waals surface area contributed by atoms with E-state index >= 15 is 0 Å². The van der Waals surface area contributed by atoms with Crippen molar-refractivity contribution in [1.82, 2.24) is 30.6 Å². The van der Waals surface area contributed by atoms with Crippen LogP contribution < -0.4 is 16.0 Å². The van der Waals surface area contributed by atoms with E-state index in [9.17, 15) is 9.59 Å². The second-order valence-corrected chi connectivity index (χ2v) is 11.2. The van der Waals surface area contributed by atoms with Crippen molar-refractivity contribution in [3.8, 4) is 0 Å². The second kappa shape index (κ2) is 9.38. The Kier molecular flexibility index (Phi) is 6.01. The van der Waals surface area contributed by atoms with Gasteiger partial charge in [0, 0.05) is 49.2 Å². The van der Waals surface area contributed by atoms with Crippen LogP contribution in [0.15, 0.2) is 55.0 Å². The van der Waals surface area contributed by atoms with Gasteiger partial charge in [0.15, 0.2) is 0 Å². The Hall–Kier alpha value is -4.01. The number of nitrogens with zero attached hydrogens (tertiary/aromatic N) is 3. The van der Waals surface area contributed by atoms with Crippen molar-refractivity contribution in [3.63, 3.8) is 0 Å². The predicted octanol–water partition coefficient (Wildman–Crippen LogP) is 3.66. The molecule has 1 fully saturated rings. The molecule has 0 saturated carbocycles. The molecule has 38 heavy (non-hydrogen) atoms. The van der Waals surface area contributed by atoms with Gasteiger partial charge in [-0.1, -0.05) is 44.7 Å². The molecule has 9 heteroatoms. The maximum atomic E-state index is 13.7. The molecular weight excluding hydrogens is 478 g/mol. The number of anilines is 1. The fourth-order valence-electron chi connectivity index (χ4n) is 6.29. The summed E-state index contributed by atoms with van der Waals surface area (Å²) < 4.78 is 0. The fraction of sp³-hybridized carbons (Fsp3) is 0.414. The standard InChI is InChI=1S/C29H35N7O2/c1-18(2)16-36-17-22-20(8-9-24-21(22)15-30-34-24)14-26(27(36)37)32-28(38)35-12-10-29(11-13-35)23-6-4-5-7-25(23)31-19(3)33-29/h4-9,15,18,26,31,33H,3,10-14,16-17H2,1-2H3,(H,30,34)(H,32,38). The lowest BCUT2D eigenvalue weighted by Gasteiger charge is -2.47. The first-order valence-electron chi connectivity index (χ1n) is 13.4. The number of carbonyl (C=O) groups is 2. The molecule has 3 aliphatic heterocycles. The highest BCUT2D eigenvalue weighted by Gasteiger charge is 2.42.